The number of benzene rings is 2. The standard InChI is InChI=1S/C21H25N3O6S3/c1-3-10-24-18-8-6-15(14-20(18)31-21(24)25)32(26,27)22-17-13-16(7-9-19(17)30-2)33(28,29)23-11-4-5-12-23/h6-9,13-14,22H,3-5,10-12H2,1-2H3. The molecular weight excluding hydrogens is 486 g/mol. The second-order valence-electron chi connectivity index (χ2n) is 7.73. The Balaban J connectivity index is 1.71. The Morgan fingerprint density at radius 2 is 1.73 bits per heavy atom. The minimum absolute atomic E-state index is 0.00628. The molecule has 1 aliphatic heterocycles. The van der Waals surface area contributed by atoms with Crippen LogP contribution in [0.1, 0.15) is 26.2 Å². The molecule has 1 N–H and O–H groups in total. The van der Waals surface area contributed by atoms with E-state index in [-0.39, 0.29) is 26.1 Å². The van der Waals surface area contributed by atoms with Crippen molar-refractivity contribution in [1.82, 2.24) is 8.87 Å². The zero-order valence-corrected chi connectivity index (χ0v) is 20.7. The lowest BCUT2D eigenvalue weighted by Crippen LogP contribution is -2.28. The summed E-state index contributed by atoms with van der Waals surface area (Å²) in [4.78, 5) is 12.1. The molecule has 1 aromatic heterocycles. The first-order chi connectivity index (χ1) is 15.7. The Labute approximate surface area is 196 Å². The highest BCUT2D eigenvalue weighted by atomic mass is 32.2. The third kappa shape index (κ3) is 4.52. The van der Waals surface area contributed by atoms with Gasteiger partial charge in [0.15, 0.2) is 0 Å². The largest absolute Gasteiger partial charge is 0.495 e. The molecule has 0 aliphatic carbocycles. The van der Waals surface area contributed by atoms with Crippen molar-refractivity contribution in [2.75, 3.05) is 24.9 Å². The summed E-state index contributed by atoms with van der Waals surface area (Å²) in [6, 6.07) is 8.61. The number of ether oxygens (including phenoxy) is 1. The van der Waals surface area contributed by atoms with Crippen molar-refractivity contribution in [1.29, 1.82) is 0 Å². The molecule has 1 aliphatic rings. The second kappa shape index (κ2) is 9.09. The minimum atomic E-state index is -4.08. The average Bonchev–Trinajstić information content (AvgIpc) is 3.42. The Morgan fingerprint density at radius 1 is 1.03 bits per heavy atom. The van der Waals surface area contributed by atoms with E-state index in [1.165, 1.54) is 41.7 Å². The monoisotopic (exact) mass is 511 g/mol. The number of aryl methyl sites for hydroxylation is 1. The lowest BCUT2D eigenvalue weighted by Gasteiger charge is -2.18. The van der Waals surface area contributed by atoms with Crippen LogP contribution in [0.5, 0.6) is 5.75 Å². The molecule has 33 heavy (non-hydrogen) atoms. The fourth-order valence-electron chi connectivity index (χ4n) is 3.86. The van der Waals surface area contributed by atoms with Gasteiger partial charge in [0.25, 0.3) is 10.0 Å². The summed E-state index contributed by atoms with van der Waals surface area (Å²) < 4.78 is 63.4. The van der Waals surface area contributed by atoms with Gasteiger partial charge < -0.3 is 4.74 Å². The SMILES string of the molecule is CCCn1c(=O)sc2cc(S(=O)(=O)Nc3cc(S(=O)(=O)N4CCCC4)ccc3OC)ccc21. The van der Waals surface area contributed by atoms with Crippen molar-refractivity contribution in [2.45, 2.75) is 42.5 Å². The highest BCUT2D eigenvalue weighted by Crippen LogP contribution is 2.32. The van der Waals surface area contributed by atoms with Gasteiger partial charge in [0, 0.05) is 19.6 Å². The lowest BCUT2D eigenvalue weighted by molar-refractivity contribution is 0.416. The first kappa shape index (κ1) is 23.7. The highest BCUT2D eigenvalue weighted by Gasteiger charge is 2.28. The summed E-state index contributed by atoms with van der Waals surface area (Å²) >= 11 is 0.989. The Hall–Kier alpha value is -2.41. The maximum Gasteiger partial charge on any atom is 0.308 e. The average molecular weight is 512 g/mol. The van der Waals surface area contributed by atoms with Crippen LogP contribution in [0.4, 0.5) is 5.69 Å². The van der Waals surface area contributed by atoms with Gasteiger partial charge >= 0.3 is 4.87 Å². The topological polar surface area (TPSA) is 115 Å². The van der Waals surface area contributed by atoms with E-state index in [2.05, 4.69) is 4.72 Å². The number of sulfonamides is 2. The Bertz CT molecular complexity index is 1450. The molecule has 4 rings (SSSR count). The first-order valence-corrected chi connectivity index (χ1v) is 14.3. The number of fused-ring (bicyclic) bond motifs is 1. The zero-order chi connectivity index (χ0) is 23.8. The Kier molecular flexibility index (Phi) is 6.54. The number of thiazole rings is 1. The quantitative estimate of drug-likeness (QED) is 0.497. The predicted molar refractivity (Wildman–Crippen MR) is 128 cm³/mol. The van der Waals surface area contributed by atoms with Gasteiger partial charge in [-0.1, -0.05) is 18.3 Å². The molecule has 0 radical (unpaired) electrons. The number of rotatable bonds is 8. The molecule has 0 unspecified atom stereocenters. The third-order valence-electron chi connectivity index (χ3n) is 5.52. The van der Waals surface area contributed by atoms with Gasteiger partial charge in [-0.05, 0) is 55.7 Å². The second-order valence-corrected chi connectivity index (χ2v) is 12.3. The number of nitrogens with one attached hydrogen (secondary N) is 1. The number of hydrogen-bond donors (Lipinski definition) is 1. The van der Waals surface area contributed by atoms with Crippen molar-refractivity contribution < 1.29 is 21.6 Å². The normalized spacial score (nSPS) is 15.2. The number of nitrogens with zero attached hydrogens (tertiary/aromatic N) is 2. The highest BCUT2D eigenvalue weighted by molar-refractivity contribution is 7.92. The van der Waals surface area contributed by atoms with Crippen LogP contribution < -0.4 is 14.3 Å². The van der Waals surface area contributed by atoms with E-state index in [0.29, 0.717) is 29.9 Å². The van der Waals surface area contributed by atoms with Crippen molar-refractivity contribution in [2.24, 2.45) is 0 Å². The molecule has 3 aromatic rings. The van der Waals surface area contributed by atoms with E-state index in [1.807, 2.05) is 6.92 Å². The number of aromatic nitrogens is 1. The summed E-state index contributed by atoms with van der Waals surface area (Å²) in [6.45, 7) is 3.40. The van der Waals surface area contributed by atoms with Gasteiger partial charge in [-0.2, -0.15) is 4.31 Å². The van der Waals surface area contributed by atoms with Crippen molar-refractivity contribution >= 4 is 47.3 Å². The van der Waals surface area contributed by atoms with Crippen LogP contribution in [-0.2, 0) is 26.6 Å². The van der Waals surface area contributed by atoms with Gasteiger partial charge in [-0.15, -0.1) is 0 Å². The van der Waals surface area contributed by atoms with Crippen molar-refractivity contribution in [3.63, 3.8) is 0 Å². The maximum absolute atomic E-state index is 13.1. The van der Waals surface area contributed by atoms with Gasteiger partial charge in [0.2, 0.25) is 10.0 Å². The van der Waals surface area contributed by atoms with Crippen LogP contribution in [-0.4, -0.2) is 45.9 Å². The van der Waals surface area contributed by atoms with Crippen LogP contribution in [0.2, 0.25) is 0 Å². The molecule has 0 spiro atoms. The lowest BCUT2D eigenvalue weighted by atomic mass is 10.3. The van der Waals surface area contributed by atoms with Crippen LogP contribution >= 0.6 is 11.3 Å². The zero-order valence-electron chi connectivity index (χ0n) is 18.3. The van der Waals surface area contributed by atoms with Gasteiger partial charge in [-0.25, -0.2) is 16.8 Å². The molecule has 2 heterocycles. The fraction of sp³-hybridized carbons (Fsp3) is 0.381. The number of methoxy groups -OCH3 is 1. The van der Waals surface area contributed by atoms with E-state index in [4.69, 9.17) is 4.74 Å². The third-order valence-corrected chi connectivity index (χ3v) is 9.72. The van der Waals surface area contributed by atoms with E-state index in [1.54, 1.807) is 10.6 Å². The van der Waals surface area contributed by atoms with Crippen LogP contribution in [0.25, 0.3) is 10.2 Å². The number of anilines is 1. The molecule has 9 nitrogen and oxygen atoms in total. The molecule has 12 heteroatoms. The molecule has 0 saturated carbocycles. The van der Waals surface area contributed by atoms with Crippen LogP contribution in [0.3, 0.4) is 0 Å². The van der Waals surface area contributed by atoms with Crippen LogP contribution in [0.15, 0.2) is 51.0 Å². The summed E-state index contributed by atoms with van der Waals surface area (Å²) in [5.41, 5.74) is 0.705. The van der Waals surface area contributed by atoms with Crippen LogP contribution in [0, 0.1) is 0 Å². The van der Waals surface area contributed by atoms with E-state index in [0.717, 1.165) is 30.6 Å². The van der Waals surface area contributed by atoms with Gasteiger partial charge in [0.05, 0.1) is 32.8 Å². The van der Waals surface area contributed by atoms with Gasteiger partial charge in [-0.3, -0.25) is 14.1 Å². The summed E-state index contributed by atoms with van der Waals surface area (Å²) in [5, 5.41) is 0. The molecule has 0 atom stereocenters. The van der Waals surface area contributed by atoms with E-state index < -0.39 is 20.0 Å². The molecule has 0 bridgehead atoms. The molecule has 178 valence electrons. The summed E-state index contributed by atoms with van der Waals surface area (Å²) in [6.07, 6.45) is 2.37. The predicted octanol–water partition coefficient (Wildman–Crippen LogP) is 3.07. The minimum Gasteiger partial charge on any atom is -0.495 e. The number of hydrogen-bond acceptors (Lipinski definition) is 7. The molecule has 0 amide bonds. The van der Waals surface area contributed by atoms with Crippen molar-refractivity contribution in [3.8, 4) is 5.75 Å². The first-order valence-electron chi connectivity index (χ1n) is 10.5. The molecule has 1 saturated heterocycles. The van der Waals surface area contributed by atoms with E-state index >= 15 is 0 Å². The molecule has 2 aromatic carbocycles. The summed E-state index contributed by atoms with van der Waals surface area (Å²) in [5.74, 6) is 0.193. The maximum atomic E-state index is 13.1. The fourth-order valence-corrected chi connectivity index (χ4v) is 7.52. The van der Waals surface area contributed by atoms with E-state index in [9.17, 15) is 21.6 Å². The molecule has 1 fully saturated rings. The van der Waals surface area contributed by atoms with Crippen molar-refractivity contribution in [3.05, 3.63) is 46.1 Å². The summed E-state index contributed by atoms with van der Waals surface area (Å²) in [7, 11) is -6.44. The van der Waals surface area contributed by atoms with Gasteiger partial charge in [0.1, 0.15) is 5.75 Å². The molecular formula is C21H25N3O6S3. The Morgan fingerprint density at radius 3 is 2.39 bits per heavy atom. The smallest absolute Gasteiger partial charge is 0.308 e.